The molecule has 7 heteroatoms. The molecule has 7 nitrogen and oxygen atoms in total. The Morgan fingerprint density at radius 1 is 0.824 bits per heavy atom. The van der Waals surface area contributed by atoms with E-state index in [0.29, 0.717) is 6.54 Å². The maximum atomic E-state index is 13.0. The first kappa shape index (κ1) is 23.6. The average Bonchev–Trinajstić information content (AvgIpc) is 2.84. The summed E-state index contributed by atoms with van der Waals surface area (Å²) in [5.41, 5.74) is 1.92. The quantitative estimate of drug-likeness (QED) is 0.666. The van der Waals surface area contributed by atoms with Crippen molar-refractivity contribution in [3.63, 3.8) is 0 Å². The lowest BCUT2D eigenvalue weighted by molar-refractivity contribution is -0.134. The normalized spacial score (nSPS) is 23.7. The fourth-order valence-corrected chi connectivity index (χ4v) is 5.77. The molecule has 4 fully saturated rings. The molecular formula is C27H41N5O2. The lowest BCUT2D eigenvalue weighted by Gasteiger charge is -2.43. The van der Waals surface area contributed by atoms with Crippen LogP contribution in [0.25, 0.3) is 0 Å². The molecule has 0 radical (unpaired) electrons. The van der Waals surface area contributed by atoms with Gasteiger partial charge in [-0.25, -0.2) is 0 Å². The fourth-order valence-electron chi connectivity index (χ4n) is 5.77. The molecule has 1 aromatic carbocycles. The summed E-state index contributed by atoms with van der Waals surface area (Å²) in [7, 11) is 0. The number of hydrogen-bond donors (Lipinski definition) is 0. The Kier molecular flexibility index (Phi) is 7.40. The molecule has 34 heavy (non-hydrogen) atoms. The number of rotatable bonds is 5. The Hall–Kier alpha value is -2.12. The molecule has 3 saturated heterocycles. The van der Waals surface area contributed by atoms with Gasteiger partial charge in [0.05, 0.1) is 6.54 Å². The molecule has 3 heterocycles. The van der Waals surface area contributed by atoms with Crippen LogP contribution < -0.4 is 4.90 Å². The van der Waals surface area contributed by atoms with Crippen molar-refractivity contribution in [1.29, 1.82) is 0 Å². The van der Waals surface area contributed by atoms with Gasteiger partial charge in [-0.05, 0) is 49.8 Å². The van der Waals surface area contributed by atoms with Gasteiger partial charge in [-0.2, -0.15) is 0 Å². The molecule has 186 valence electrons. The maximum absolute atomic E-state index is 13.0. The first-order valence-corrected chi connectivity index (χ1v) is 13.5. The van der Waals surface area contributed by atoms with E-state index < -0.39 is 0 Å². The predicted molar refractivity (Wildman–Crippen MR) is 135 cm³/mol. The lowest BCUT2D eigenvalue weighted by atomic mass is 9.91. The summed E-state index contributed by atoms with van der Waals surface area (Å²) in [6.45, 7) is 11.9. The summed E-state index contributed by atoms with van der Waals surface area (Å²) in [6, 6.07) is 8.90. The minimum Gasteiger partial charge on any atom is -0.369 e. The molecule has 1 saturated carbocycles. The summed E-state index contributed by atoms with van der Waals surface area (Å²) in [5.74, 6) is 1.16. The van der Waals surface area contributed by atoms with Crippen LogP contribution in [0.15, 0.2) is 24.3 Å². The molecule has 0 spiro atoms. The standard InChI is InChI=1S/C27H41N5O2/c1-22-8-10-32(11-9-22)27(34)23-4-2-7-25(20-23)30-14-12-28(13-15-30)21-26(33)31-18-16-29(17-19-31)24-5-3-6-24/h2,4,7,20,22,24H,3,5-6,8-19,21H2,1H3. The number of piperidine rings is 1. The van der Waals surface area contributed by atoms with Crippen LogP contribution in [-0.4, -0.2) is 109 Å². The summed E-state index contributed by atoms with van der Waals surface area (Å²) in [5, 5.41) is 0. The third kappa shape index (κ3) is 5.41. The third-order valence-corrected chi connectivity index (χ3v) is 8.52. The smallest absolute Gasteiger partial charge is 0.253 e. The minimum atomic E-state index is 0.162. The topological polar surface area (TPSA) is 50.3 Å². The molecule has 4 aliphatic rings. The summed E-state index contributed by atoms with van der Waals surface area (Å²) in [6.07, 6.45) is 6.25. The van der Waals surface area contributed by atoms with Crippen molar-refractivity contribution in [2.75, 3.05) is 76.9 Å². The number of benzene rings is 1. The van der Waals surface area contributed by atoms with Crippen molar-refractivity contribution in [2.24, 2.45) is 5.92 Å². The van der Waals surface area contributed by atoms with Crippen molar-refractivity contribution in [1.82, 2.24) is 19.6 Å². The zero-order chi connectivity index (χ0) is 23.5. The van der Waals surface area contributed by atoms with E-state index in [9.17, 15) is 9.59 Å². The van der Waals surface area contributed by atoms with Gasteiger partial charge < -0.3 is 14.7 Å². The zero-order valence-corrected chi connectivity index (χ0v) is 20.8. The van der Waals surface area contributed by atoms with Gasteiger partial charge in [0.25, 0.3) is 5.91 Å². The molecule has 0 N–H and O–H groups in total. The van der Waals surface area contributed by atoms with Crippen LogP contribution in [0, 0.1) is 5.92 Å². The Bertz CT molecular complexity index is 848. The molecule has 3 aliphatic heterocycles. The molecule has 5 rings (SSSR count). The molecule has 0 aromatic heterocycles. The number of likely N-dealkylation sites (tertiary alicyclic amines) is 1. The molecule has 0 bridgehead atoms. The SMILES string of the molecule is CC1CCN(C(=O)c2cccc(N3CCN(CC(=O)N4CCN(C5CCC5)CC4)CC3)c2)CC1. The fraction of sp³-hybridized carbons (Fsp3) is 0.704. The van der Waals surface area contributed by atoms with Gasteiger partial charge in [-0.15, -0.1) is 0 Å². The van der Waals surface area contributed by atoms with Crippen LogP contribution in [0.1, 0.15) is 49.4 Å². The predicted octanol–water partition coefficient (Wildman–Crippen LogP) is 2.38. The summed E-state index contributed by atoms with van der Waals surface area (Å²) >= 11 is 0. The molecule has 0 unspecified atom stereocenters. The minimum absolute atomic E-state index is 0.162. The maximum Gasteiger partial charge on any atom is 0.253 e. The Morgan fingerprint density at radius 2 is 1.53 bits per heavy atom. The number of nitrogens with zero attached hydrogens (tertiary/aromatic N) is 5. The van der Waals surface area contributed by atoms with Crippen LogP contribution in [0.5, 0.6) is 0 Å². The molecule has 2 amide bonds. The Morgan fingerprint density at radius 3 is 2.18 bits per heavy atom. The van der Waals surface area contributed by atoms with E-state index in [2.05, 4.69) is 38.7 Å². The number of piperazine rings is 2. The first-order chi connectivity index (χ1) is 16.6. The van der Waals surface area contributed by atoms with E-state index in [4.69, 9.17) is 0 Å². The van der Waals surface area contributed by atoms with E-state index in [1.54, 1.807) is 0 Å². The highest BCUT2D eigenvalue weighted by molar-refractivity contribution is 5.95. The van der Waals surface area contributed by atoms with Gasteiger partial charge in [0.1, 0.15) is 0 Å². The van der Waals surface area contributed by atoms with Crippen LogP contribution >= 0.6 is 0 Å². The molecular weight excluding hydrogens is 426 g/mol. The highest BCUT2D eigenvalue weighted by Gasteiger charge is 2.30. The van der Waals surface area contributed by atoms with Crippen LogP contribution in [0.3, 0.4) is 0 Å². The van der Waals surface area contributed by atoms with Crippen LogP contribution in [0.4, 0.5) is 5.69 Å². The number of hydrogen-bond acceptors (Lipinski definition) is 5. The molecule has 0 atom stereocenters. The Balaban J connectivity index is 1.08. The van der Waals surface area contributed by atoms with E-state index in [1.165, 1.54) is 19.3 Å². The van der Waals surface area contributed by atoms with Crippen molar-refractivity contribution in [3.8, 4) is 0 Å². The van der Waals surface area contributed by atoms with Gasteiger partial charge >= 0.3 is 0 Å². The van der Waals surface area contributed by atoms with Crippen molar-refractivity contribution < 1.29 is 9.59 Å². The van der Waals surface area contributed by atoms with Gasteiger partial charge in [-0.3, -0.25) is 19.4 Å². The summed E-state index contributed by atoms with van der Waals surface area (Å²) < 4.78 is 0. The molecule has 1 aromatic rings. The van der Waals surface area contributed by atoms with Gasteiger partial charge in [0.15, 0.2) is 0 Å². The van der Waals surface area contributed by atoms with E-state index in [-0.39, 0.29) is 11.8 Å². The summed E-state index contributed by atoms with van der Waals surface area (Å²) in [4.78, 5) is 37.2. The number of amides is 2. The lowest BCUT2D eigenvalue weighted by Crippen LogP contribution is -2.56. The van der Waals surface area contributed by atoms with E-state index in [1.807, 2.05) is 17.0 Å². The van der Waals surface area contributed by atoms with Crippen LogP contribution in [0.2, 0.25) is 0 Å². The van der Waals surface area contributed by atoms with Crippen molar-refractivity contribution in [2.45, 2.75) is 45.1 Å². The number of anilines is 1. The second-order valence-corrected chi connectivity index (χ2v) is 10.8. The van der Waals surface area contributed by atoms with Gasteiger partial charge in [0.2, 0.25) is 5.91 Å². The zero-order valence-electron chi connectivity index (χ0n) is 20.8. The number of carbonyl (C=O) groups excluding carboxylic acids is 2. The largest absolute Gasteiger partial charge is 0.369 e. The Labute approximate surface area is 204 Å². The highest BCUT2D eigenvalue weighted by Crippen LogP contribution is 2.26. The highest BCUT2D eigenvalue weighted by atomic mass is 16.2. The van der Waals surface area contributed by atoms with E-state index >= 15 is 0 Å². The third-order valence-electron chi connectivity index (χ3n) is 8.52. The van der Waals surface area contributed by atoms with Gasteiger partial charge in [-0.1, -0.05) is 19.4 Å². The monoisotopic (exact) mass is 467 g/mol. The second kappa shape index (κ2) is 10.6. The average molecular weight is 468 g/mol. The second-order valence-electron chi connectivity index (χ2n) is 10.8. The van der Waals surface area contributed by atoms with Gasteiger partial charge in [0, 0.05) is 82.7 Å². The van der Waals surface area contributed by atoms with Crippen molar-refractivity contribution in [3.05, 3.63) is 29.8 Å². The van der Waals surface area contributed by atoms with Crippen LogP contribution in [-0.2, 0) is 4.79 Å². The molecule has 1 aliphatic carbocycles. The first-order valence-electron chi connectivity index (χ1n) is 13.5. The number of carbonyl (C=O) groups is 2. The van der Waals surface area contributed by atoms with Crippen molar-refractivity contribution >= 4 is 17.5 Å². The van der Waals surface area contributed by atoms with E-state index in [0.717, 1.165) is 101 Å².